The molecule has 8 heteroatoms. The zero-order valence-corrected chi connectivity index (χ0v) is 10.9. The standard InChI is InChI=1S/C11H10N2O5S/c1-4-6-8(19-7(4)11(17)18)12-3-13(9(6)14)5(2)10(15)16/h3,5H,1-2H3,(H,15,16)(H,17,18). The number of rotatable bonds is 3. The van der Waals surface area contributed by atoms with Crippen molar-refractivity contribution in [3.63, 3.8) is 0 Å². The smallest absolute Gasteiger partial charge is 0.346 e. The predicted octanol–water partition coefficient (Wildman–Crippen LogP) is 1.11. The number of aliphatic carboxylic acids is 1. The molecule has 0 radical (unpaired) electrons. The van der Waals surface area contributed by atoms with Crippen molar-refractivity contribution < 1.29 is 19.8 Å². The van der Waals surface area contributed by atoms with Crippen LogP contribution >= 0.6 is 11.3 Å². The number of carboxylic acid groups (broad SMARTS) is 2. The maximum Gasteiger partial charge on any atom is 0.346 e. The van der Waals surface area contributed by atoms with Crippen LogP contribution in [0.25, 0.3) is 10.2 Å². The molecule has 0 spiro atoms. The Balaban J connectivity index is 2.78. The van der Waals surface area contributed by atoms with Crippen LogP contribution in [0.15, 0.2) is 11.1 Å². The second-order valence-electron chi connectivity index (χ2n) is 4.01. The molecule has 19 heavy (non-hydrogen) atoms. The first kappa shape index (κ1) is 13.2. The van der Waals surface area contributed by atoms with Crippen molar-refractivity contribution >= 4 is 33.5 Å². The highest BCUT2D eigenvalue weighted by Crippen LogP contribution is 2.26. The molecule has 0 bridgehead atoms. The minimum absolute atomic E-state index is 0.0420. The average molecular weight is 282 g/mol. The molecule has 2 rings (SSSR count). The fourth-order valence-electron chi connectivity index (χ4n) is 1.74. The fraction of sp³-hybridized carbons (Fsp3) is 0.273. The van der Waals surface area contributed by atoms with E-state index in [1.165, 1.54) is 13.8 Å². The van der Waals surface area contributed by atoms with E-state index in [1.54, 1.807) is 0 Å². The highest BCUT2D eigenvalue weighted by Gasteiger charge is 2.21. The molecule has 1 atom stereocenters. The van der Waals surface area contributed by atoms with Gasteiger partial charge in [-0.25, -0.2) is 14.6 Å². The van der Waals surface area contributed by atoms with Gasteiger partial charge in [0.05, 0.1) is 11.7 Å². The van der Waals surface area contributed by atoms with Gasteiger partial charge >= 0.3 is 11.9 Å². The second-order valence-corrected chi connectivity index (χ2v) is 5.01. The van der Waals surface area contributed by atoms with Crippen molar-refractivity contribution in [2.45, 2.75) is 19.9 Å². The number of aromatic carboxylic acids is 1. The minimum atomic E-state index is -1.16. The second kappa shape index (κ2) is 4.47. The summed E-state index contributed by atoms with van der Waals surface area (Å²) < 4.78 is 0.982. The van der Waals surface area contributed by atoms with Crippen molar-refractivity contribution in [1.82, 2.24) is 9.55 Å². The van der Waals surface area contributed by atoms with Gasteiger partial charge in [0.25, 0.3) is 5.56 Å². The Hall–Kier alpha value is -2.22. The Morgan fingerprint density at radius 1 is 1.42 bits per heavy atom. The van der Waals surface area contributed by atoms with E-state index in [0.717, 1.165) is 22.2 Å². The van der Waals surface area contributed by atoms with Crippen LogP contribution in [0.5, 0.6) is 0 Å². The number of nitrogens with zero attached hydrogens (tertiary/aromatic N) is 2. The third-order valence-corrected chi connectivity index (χ3v) is 4.03. The van der Waals surface area contributed by atoms with E-state index in [0.29, 0.717) is 10.4 Å². The largest absolute Gasteiger partial charge is 0.480 e. The third kappa shape index (κ3) is 1.99. The van der Waals surface area contributed by atoms with E-state index in [1.807, 2.05) is 0 Å². The highest BCUT2D eigenvalue weighted by molar-refractivity contribution is 7.20. The summed E-state index contributed by atoms with van der Waals surface area (Å²) in [6.07, 6.45) is 1.13. The summed E-state index contributed by atoms with van der Waals surface area (Å²) in [5.41, 5.74) is -0.224. The molecule has 2 aromatic heterocycles. The summed E-state index contributed by atoms with van der Waals surface area (Å²) in [7, 11) is 0. The third-order valence-electron chi connectivity index (χ3n) is 2.84. The lowest BCUT2D eigenvalue weighted by atomic mass is 10.2. The lowest BCUT2D eigenvalue weighted by molar-refractivity contribution is -0.140. The maximum atomic E-state index is 12.2. The van der Waals surface area contributed by atoms with Gasteiger partial charge < -0.3 is 10.2 Å². The summed E-state index contributed by atoms with van der Waals surface area (Å²) in [6.45, 7) is 2.87. The molecular formula is C11H10N2O5S. The van der Waals surface area contributed by atoms with Crippen molar-refractivity contribution in [2.75, 3.05) is 0 Å². The summed E-state index contributed by atoms with van der Waals surface area (Å²) in [5.74, 6) is -2.28. The molecule has 0 fully saturated rings. The molecule has 0 saturated heterocycles. The number of thiophene rings is 1. The molecule has 0 aliphatic carbocycles. The Labute approximate surface area is 110 Å². The van der Waals surface area contributed by atoms with Gasteiger partial charge in [0.2, 0.25) is 0 Å². The molecule has 1 unspecified atom stereocenters. The van der Waals surface area contributed by atoms with Gasteiger partial charge in [-0.2, -0.15) is 0 Å². The van der Waals surface area contributed by atoms with Crippen LogP contribution in [0.1, 0.15) is 28.2 Å². The lowest BCUT2D eigenvalue weighted by Gasteiger charge is -2.09. The van der Waals surface area contributed by atoms with Crippen molar-refractivity contribution in [3.05, 3.63) is 27.1 Å². The molecule has 2 heterocycles. The van der Waals surface area contributed by atoms with Crippen LogP contribution in [-0.2, 0) is 4.79 Å². The summed E-state index contributed by atoms with van der Waals surface area (Å²) in [6, 6.07) is -1.06. The number of hydrogen-bond acceptors (Lipinski definition) is 5. The molecule has 0 amide bonds. The van der Waals surface area contributed by atoms with Gasteiger partial charge in [0.15, 0.2) is 0 Å². The molecule has 0 aliphatic heterocycles. The van der Waals surface area contributed by atoms with Crippen LogP contribution in [0.2, 0.25) is 0 Å². The Bertz CT molecular complexity index is 745. The van der Waals surface area contributed by atoms with Gasteiger partial charge in [0.1, 0.15) is 15.7 Å². The fourth-order valence-corrected chi connectivity index (χ4v) is 2.71. The van der Waals surface area contributed by atoms with Crippen molar-refractivity contribution in [2.24, 2.45) is 0 Å². The Morgan fingerprint density at radius 2 is 2.05 bits per heavy atom. The van der Waals surface area contributed by atoms with E-state index >= 15 is 0 Å². The average Bonchev–Trinajstić information content (AvgIpc) is 2.67. The van der Waals surface area contributed by atoms with E-state index in [2.05, 4.69) is 4.98 Å². The van der Waals surface area contributed by atoms with Crippen LogP contribution in [0.4, 0.5) is 0 Å². The monoisotopic (exact) mass is 282 g/mol. The van der Waals surface area contributed by atoms with Gasteiger partial charge in [-0.05, 0) is 19.4 Å². The lowest BCUT2D eigenvalue weighted by Crippen LogP contribution is -2.28. The van der Waals surface area contributed by atoms with Gasteiger partial charge in [-0.3, -0.25) is 9.36 Å². The van der Waals surface area contributed by atoms with E-state index in [9.17, 15) is 14.4 Å². The summed E-state index contributed by atoms with van der Waals surface area (Å²) in [5, 5.41) is 18.1. The highest BCUT2D eigenvalue weighted by atomic mass is 32.1. The Kier molecular flexibility index (Phi) is 3.11. The zero-order valence-electron chi connectivity index (χ0n) is 10.1. The quantitative estimate of drug-likeness (QED) is 0.872. The molecule has 2 aromatic rings. The molecule has 2 N–H and O–H groups in total. The topological polar surface area (TPSA) is 109 Å². The Morgan fingerprint density at radius 3 is 2.58 bits per heavy atom. The zero-order chi connectivity index (χ0) is 14.3. The SMILES string of the molecule is Cc1c(C(=O)O)sc2ncn(C(C)C(=O)O)c(=O)c12. The van der Waals surface area contributed by atoms with E-state index < -0.39 is 23.5 Å². The van der Waals surface area contributed by atoms with Crippen molar-refractivity contribution in [3.8, 4) is 0 Å². The molecule has 100 valence electrons. The van der Waals surface area contributed by atoms with Crippen LogP contribution in [0, 0.1) is 6.92 Å². The molecule has 0 aliphatic rings. The normalized spacial score (nSPS) is 12.5. The number of fused-ring (bicyclic) bond motifs is 1. The number of hydrogen-bond donors (Lipinski definition) is 2. The minimum Gasteiger partial charge on any atom is -0.480 e. The number of carboxylic acids is 2. The van der Waals surface area contributed by atoms with Crippen molar-refractivity contribution in [1.29, 1.82) is 0 Å². The molecule has 0 aromatic carbocycles. The molecular weight excluding hydrogens is 272 g/mol. The summed E-state index contributed by atoms with van der Waals surface area (Å²) in [4.78, 5) is 38.4. The van der Waals surface area contributed by atoms with Gasteiger partial charge in [0, 0.05) is 0 Å². The number of aryl methyl sites for hydroxylation is 1. The first-order valence-corrected chi connectivity index (χ1v) is 6.12. The van der Waals surface area contributed by atoms with Crippen LogP contribution < -0.4 is 5.56 Å². The summed E-state index contributed by atoms with van der Waals surface area (Å²) >= 11 is 0.904. The van der Waals surface area contributed by atoms with E-state index in [-0.39, 0.29) is 10.3 Å². The molecule has 7 nitrogen and oxygen atoms in total. The van der Waals surface area contributed by atoms with Crippen LogP contribution in [-0.4, -0.2) is 31.7 Å². The first-order chi connectivity index (χ1) is 8.84. The predicted molar refractivity (Wildman–Crippen MR) is 67.9 cm³/mol. The van der Waals surface area contributed by atoms with Gasteiger partial charge in [-0.15, -0.1) is 11.3 Å². The van der Waals surface area contributed by atoms with Crippen LogP contribution in [0.3, 0.4) is 0 Å². The van der Waals surface area contributed by atoms with Gasteiger partial charge in [-0.1, -0.05) is 0 Å². The number of carbonyl (C=O) groups is 2. The molecule has 0 saturated carbocycles. The van der Waals surface area contributed by atoms with E-state index in [4.69, 9.17) is 10.2 Å². The first-order valence-electron chi connectivity index (χ1n) is 5.31. The maximum absolute atomic E-state index is 12.2. The number of aromatic nitrogens is 2.